The Morgan fingerprint density at radius 2 is 1.87 bits per heavy atom. The summed E-state index contributed by atoms with van der Waals surface area (Å²) >= 11 is 18.4. The van der Waals surface area contributed by atoms with Gasteiger partial charge in [0.2, 0.25) is 0 Å². The van der Waals surface area contributed by atoms with Crippen molar-refractivity contribution in [3.63, 3.8) is 0 Å². The van der Waals surface area contributed by atoms with Gasteiger partial charge in [0.15, 0.2) is 6.23 Å². The van der Waals surface area contributed by atoms with Crippen molar-refractivity contribution in [3.05, 3.63) is 32.9 Å². The number of nitrogens with zero attached hydrogens (tertiary/aromatic N) is 2. The van der Waals surface area contributed by atoms with Crippen molar-refractivity contribution < 1.29 is 14.9 Å². The monoisotopic (exact) mass is 374 g/mol. The van der Waals surface area contributed by atoms with Crippen LogP contribution in [0.1, 0.15) is 25.1 Å². The van der Waals surface area contributed by atoms with Crippen molar-refractivity contribution in [1.29, 1.82) is 5.26 Å². The highest BCUT2D eigenvalue weighted by atomic mass is 35.5. The third-order valence-corrected chi connectivity index (χ3v) is 5.18. The Hall–Kier alpha value is -1.00. The van der Waals surface area contributed by atoms with Crippen molar-refractivity contribution in [2.24, 2.45) is 0 Å². The van der Waals surface area contributed by atoms with Crippen LogP contribution in [0.5, 0.6) is 0 Å². The fourth-order valence-electron chi connectivity index (χ4n) is 2.91. The summed E-state index contributed by atoms with van der Waals surface area (Å²) in [5.41, 5.74) is 0.722. The molecule has 2 aromatic rings. The van der Waals surface area contributed by atoms with Gasteiger partial charge >= 0.3 is 0 Å². The normalized spacial score (nSPS) is 27.5. The molecule has 1 fully saturated rings. The van der Waals surface area contributed by atoms with E-state index in [9.17, 15) is 15.5 Å². The third-order valence-electron chi connectivity index (χ3n) is 4.09. The Kier molecular flexibility index (Phi) is 4.49. The zero-order valence-corrected chi connectivity index (χ0v) is 14.3. The van der Waals surface area contributed by atoms with Gasteiger partial charge in [-0.15, -0.1) is 0 Å². The Morgan fingerprint density at radius 3 is 2.43 bits per heavy atom. The van der Waals surface area contributed by atoms with Crippen molar-refractivity contribution in [1.82, 2.24) is 4.57 Å². The number of aromatic nitrogens is 1. The number of ether oxygens (including phenoxy) is 1. The third kappa shape index (κ3) is 2.51. The van der Waals surface area contributed by atoms with Crippen LogP contribution < -0.4 is 0 Å². The molecule has 0 unspecified atom stereocenters. The number of hydrogen-bond donors (Lipinski definition) is 2. The summed E-state index contributed by atoms with van der Waals surface area (Å²) in [5, 5.41) is 31.0. The van der Waals surface area contributed by atoms with Gasteiger partial charge in [-0.05, 0) is 18.6 Å². The summed E-state index contributed by atoms with van der Waals surface area (Å²) in [7, 11) is 0. The maximum Gasteiger partial charge on any atom is 0.164 e. The molecule has 1 aromatic heterocycles. The number of benzene rings is 1. The van der Waals surface area contributed by atoms with Crippen LogP contribution in [0.15, 0.2) is 12.1 Å². The molecule has 1 aliphatic heterocycles. The van der Waals surface area contributed by atoms with Crippen LogP contribution in [0, 0.1) is 11.3 Å². The summed E-state index contributed by atoms with van der Waals surface area (Å²) < 4.78 is 7.20. The molecule has 0 radical (unpaired) electrons. The Balaban J connectivity index is 2.24. The zero-order valence-electron chi connectivity index (χ0n) is 12.0. The first-order valence-corrected chi connectivity index (χ1v) is 8.14. The lowest BCUT2D eigenvalue weighted by atomic mass is 10.1. The van der Waals surface area contributed by atoms with Crippen LogP contribution in [0.3, 0.4) is 0 Å². The summed E-state index contributed by atoms with van der Waals surface area (Å²) in [6.07, 6.45) is -3.11. The van der Waals surface area contributed by atoms with Crippen molar-refractivity contribution in [2.45, 2.75) is 37.9 Å². The van der Waals surface area contributed by atoms with Gasteiger partial charge in [-0.25, -0.2) is 0 Å². The lowest BCUT2D eigenvalue weighted by Gasteiger charge is -2.19. The highest BCUT2D eigenvalue weighted by molar-refractivity contribution is 6.43. The number of halogens is 3. The van der Waals surface area contributed by atoms with Gasteiger partial charge in [-0.1, -0.05) is 41.7 Å². The van der Waals surface area contributed by atoms with Crippen LogP contribution in [-0.4, -0.2) is 33.1 Å². The fourth-order valence-corrected chi connectivity index (χ4v) is 3.56. The second kappa shape index (κ2) is 6.14. The molecule has 0 amide bonds. The van der Waals surface area contributed by atoms with Crippen molar-refractivity contribution in [3.8, 4) is 6.07 Å². The number of rotatable bonds is 2. The smallest absolute Gasteiger partial charge is 0.164 e. The second-order valence-corrected chi connectivity index (χ2v) is 6.56. The molecule has 1 aromatic carbocycles. The molecule has 0 bridgehead atoms. The predicted molar refractivity (Wildman–Crippen MR) is 87.9 cm³/mol. The number of aliphatic hydroxyl groups is 2. The predicted octanol–water partition coefficient (Wildman–Crippen LogP) is 3.50. The quantitative estimate of drug-likeness (QED) is 0.842. The Labute approximate surface area is 147 Å². The molecule has 3 rings (SSSR count). The van der Waals surface area contributed by atoms with E-state index in [1.807, 2.05) is 13.0 Å². The Bertz CT molecular complexity index is 815. The van der Waals surface area contributed by atoms with Crippen LogP contribution in [-0.2, 0) is 4.74 Å². The molecule has 8 heteroatoms. The molecule has 122 valence electrons. The maximum absolute atomic E-state index is 10.3. The fraction of sp³-hybridized carbons (Fsp3) is 0.400. The van der Waals surface area contributed by atoms with E-state index in [0.717, 1.165) is 0 Å². The van der Waals surface area contributed by atoms with Gasteiger partial charge in [0.1, 0.15) is 23.4 Å². The largest absolute Gasteiger partial charge is 0.388 e. The summed E-state index contributed by atoms with van der Waals surface area (Å²) in [6.45, 7) is 1.84. The summed E-state index contributed by atoms with van der Waals surface area (Å²) in [5.74, 6) is 0. The number of fused-ring (bicyclic) bond motifs is 1. The van der Waals surface area contributed by atoms with E-state index in [4.69, 9.17) is 39.5 Å². The van der Waals surface area contributed by atoms with Gasteiger partial charge in [0, 0.05) is 5.39 Å². The Morgan fingerprint density at radius 1 is 1.22 bits per heavy atom. The van der Waals surface area contributed by atoms with Gasteiger partial charge in [0.05, 0.1) is 27.2 Å². The molecular formula is C15H13Cl3N2O3. The molecule has 2 N–H and O–H groups in total. The highest BCUT2D eigenvalue weighted by Gasteiger charge is 2.44. The van der Waals surface area contributed by atoms with Crippen LogP contribution >= 0.6 is 34.8 Å². The average molecular weight is 376 g/mol. The van der Waals surface area contributed by atoms with Crippen molar-refractivity contribution in [2.75, 3.05) is 0 Å². The molecule has 1 saturated heterocycles. The highest BCUT2D eigenvalue weighted by Crippen LogP contribution is 2.41. The minimum Gasteiger partial charge on any atom is -0.388 e. The summed E-state index contributed by atoms with van der Waals surface area (Å²) in [4.78, 5) is 0. The van der Waals surface area contributed by atoms with Crippen molar-refractivity contribution >= 4 is 45.7 Å². The molecular weight excluding hydrogens is 363 g/mol. The van der Waals surface area contributed by atoms with E-state index >= 15 is 0 Å². The number of aliphatic hydroxyl groups excluding tert-OH is 2. The topological polar surface area (TPSA) is 78.4 Å². The van der Waals surface area contributed by atoms with E-state index < -0.39 is 24.5 Å². The molecule has 4 atom stereocenters. The first-order valence-electron chi connectivity index (χ1n) is 7.00. The van der Waals surface area contributed by atoms with Gasteiger partial charge < -0.3 is 19.5 Å². The average Bonchev–Trinajstić information content (AvgIpc) is 2.94. The van der Waals surface area contributed by atoms with Crippen LogP contribution in [0.25, 0.3) is 10.9 Å². The van der Waals surface area contributed by atoms with E-state index in [1.54, 1.807) is 12.1 Å². The molecule has 0 saturated carbocycles. The first-order chi connectivity index (χ1) is 10.9. The van der Waals surface area contributed by atoms with E-state index in [1.165, 1.54) is 4.57 Å². The lowest BCUT2D eigenvalue weighted by molar-refractivity contribution is -0.0348. The molecule has 1 aliphatic rings. The minimum atomic E-state index is -1.17. The molecule has 0 spiro atoms. The molecule has 23 heavy (non-hydrogen) atoms. The lowest BCUT2D eigenvalue weighted by Crippen LogP contribution is -2.31. The minimum absolute atomic E-state index is 0.105. The van der Waals surface area contributed by atoms with E-state index in [-0.39, 0.29) is 10.7 Å². The number of nitriles is 1. The van der Waals surface area contributed by atoms with E-state index in [2.05, 4.69) is 0 Å². The van der Waals surface area contributed by atoms with E-state index in [0.29, 0.717) is 27.4 Å². The number of hydrogen-bond acceptors (Lipinski definition) is 4. The SMILES string of the molecule is CC[C@H]1O[C@@H](n2c(Cl)c(C#N)c3cc(Cl)c(Cl)cc32)[C@H](O)[C@@H]1O. The van der Waals surface area contributed by atoms with Crippen LogP contribution in [0.4, 0.5) is 0 Å². The standard InChI is InChI=1S/C15H13Cl3N2O3/c1-2-11-12(21)13(22)15(23-11)20-10-4-9(17)8(16)3-6(10)7(5-19)14(20)18/h3-4,11-13,15,21-22H,2H2,1H3/t11-,12-,13-,15-/m1/s1. The first kappa shape index (κ1) is 16.8. The zero-order chi connectivity index (χ0) is 16.9. The molecule has 0 aliphatic carbocycles. The molecule has 5 nitrogen and oxygen atoms in total. The maximum atomic E-state index is 10.3. The second-order valence-electron chi connectivity index (χ2n) is 5.39. The van der Waals surface area contributed by atoms with Gasteiger partial charge in [-0.2, -0.15) is 5.26 Å². The van der Waals surface area contributed by atoms with Gasteiger partial charge in [-0.3, -0.25) is 0 Å². The van der Waals surface area contributed by atoms with Gasteiger partial charge in [0.25, 0.3) is 0 Å². The van der Waals surface area contributed by atoms with Crippen LogP contribution in [0.2, 0.25) is 15.2 Å². The summed E-state index contributed by atoms with van der Waals surface area (Å²) in [6, 6.07) is 5.14. The molecule has 2 heterocycles.